The highest BCUT2D eigenvalue weighted by atomic mass is 16.5. The molecule has 0 bridgehead atoms. The van der Waals surface area contributed by atoms with Gasteiger partial charge < -0.3 is 4.74 Å². The summed E-state index contributed by atoms with van der Waals surface area (Å²) in [6, 6.07) is 13.7. The standard InChI is InChI=1S/C19H20O2/c1-13-10-11-15(12-18(13)21-2)19(20)17-9-4-3-8-16(17)14-6-5-7-14/h3-4,8-12,14H,5-7H2,1-2H3. The van der Waals surface area contributed by atoms with Gasteiger partial charge in [-0.2, -0.15) is 0 Å². The Balaban J connectivity index is 1.99. The summed E-state index contributed by atoms with van der Waals surface area (Å²) in [6.07, 6.45) is 3.66. The smallest absolute Gasteiger partial charge is 0.193 e. The van der Waals surface area contributed by atoms with Crippen LogP contribution in [0.2, 0.25) is 0 Å². The fraction of sp³-hybridized carbons (Fsp3) is 0.316. The predicted octanol–water partition coefficient (Wildman–Crippen LogP) is 4.50. The Morgan fingerprint density at radius 3 is 2.57 bits per heavy atom. The molecule has 1 fully saturated rings. The number of benzene rings is 2. The summed E-state index contributed by atoms with van der Waals surface area (Å²) in [6.45, 7) is 1.98. The van der Waals surface area contributed by atoms with E-state index in [1.807, 2.05) is 43.3 Å². The zero-order chi connectivity index (χ0) is 14.8. The van der Waals surface area contributed by atoms with E-state index < -0.39 is 0 Å². The van der Waals surface area contributed by atoms with Gasteiger partial charge in [-0.15, -0.1) is 0 Å². The van der Waals surface area contributed by atoms with E-state index in [4.69, 9.17) is 4.74 Å². The van der Waals surface area contributed by atoms with Crippen LogP contribution in [0.3, 0.4) is 0 Å². The normalized spacial score (nSPS) is 14.6. The summed E-state index contributed by atoms with van der Waals surface area (Å²) >= 11 is 0. The van der Waals surface area contributed by atoms with Crippen molar-refractivity contribution in [3.05, 3.63) is 64.7 Å². The fourth-order valence-corrected chi connectivity index (χ4v) is 2.90. The number of hydrogen-bond acceptors (Lipinski definition) is 2. The van der Waals surface area contributed by atoms with Gasteiger partial charge in [0, 0.05) is 11.1 Å². The van der Waals surface area contributed by atoms with Gasteiger partial charge in [-0.05, 0) is 42.9 Å². The molecule has 0 saturated heterocycles. The van der Waals surface area contributed by atoms with Crippen LogP contribution < -0.4 is 4.74 Å². The molecule has 0 N–H and O–H groups in total. The average molecular weight is 280 g/mol. The van der Waals surface area contributed by atoms with E-state index in [1.165, 1.54) is 24.8 Å². The molecule has 2 nitrogen and oxygen atoms in total. The van der Waals surface area contributed by atoms with Crippen molar-refractivity contribution in [2.24, 2.45) is 0 Å². The highest BCUT2D eigenvalue weighted by Crippen LogP contribution is 2.38. The molecule has 0 unspecified atom stereocenters. The van der Waals surface area contributed by atoms with E-state index in [9.17, 15) is 4.79 Å². The molecule has 0 heterocycles. The van der Waals surface area contributed by atoms with Crippen LogP contribution in [0.15, 0.2) is 42.5 Å². The zero-order valence-corrected chi connectivity index (χ0v) is 12.6. The molecule has 2 aromatic rings. The van der Waals surface area contributed by atoms with E-state index in [-0.39, 0.29) is 5.78 Å². The van der Waals surface area contributed by atoms with Crippen LogP contribution in [-0.4, -0.2) is 12.9 Å². The first kappa shape index (κ1) is 13.9. The van der Waals surface area contributed by atoms with Crippen LogP contribution in [0.1, 0.15) is 52.2 Å². The molecule has 0 aromatic heterocycles. The summed E-state index contributed by atoms with van der Waals surface area (Å²) in [4.78, 5) is 12.8. The lowest BCUT2D eigenvalue weighted by atomic mass is 9.77. The Morgan fingerprint density at radius 2 is 1.90 bits per heavy atom. The maximum atomic E-state index is 12.8. The minimum atomic E-state index is 0.0933. The maximum Gasteiger partial charge on any atom is 0.193 e. The van der Waals surface area contributed by atoms with Gasteiger partial charge in [-0.25, -0.2) is 0 Å². The number of carbonyl (C=O) groups excluding carboxylic acids is 1. The van der Waals surface area contributed by atoms with Crippen LogP contribution in [0.4, 0.5) is 0 Å². The van der Waals surface area contributed by atoms with Crippen LogP contribution in [0.25, 0.3) is 0 Å². The third-order valence-electron chi connectivity index (χ3n) is 4.42. The quantitative estimate of drug-likeness (QED) is 0.771. The van der Waals surface area contributed by atoms with E-state index in [2.05, 4.69) is 6.07 Å². The SMILES string of the molecule is COc1cc(C(=O)c2ccccc2C2CCC2)ccc1C. The molecule has 108 valence electrons. The molecule has 2 heteroatoms. The summed E-state index contributed by atoms with van der Waals surface area (Å²) in [5.41, 5.74) is 3.78. The molecule has 2 aromatic carbocycles. The van der Waals surface area contributed by atoms with Crippen LogP contribution in [0, 0.1) is 6.92 Å². The third-order valence-corrected chi connectivity index (χ3v) is 4.42. The number of methoxy groups -OCH3 is 1. The second kappa shape index (κ2) is 5.72. The Labute approximate surface area is 125 Å². The summed E-state index contributed by atoms with van der Waals surface area (Å²) in [5.74, 6) is 1.41. The van der Waals surface area contributed by atoms with Crippen molar-refractivity contribution >= 4 is 5.78 Å². The largest absolute Gasteiger partial charge is 0.496 e. The van der Waals surface area contributed by atoms with E-state index in [1.54, 1.807) is 7.11 Å². The molecule has 0 aliphatic heterocycles. The fourth-order valence-electron chi connectivity index (χ4n) is 2.90. The molecule has 3 rings (SSSR count). The lowest BCUT2D eigenvalue weighted by Crippen LogP contribution is -2.14. The van der Waals surface area contributed by atoms with Gasteiger partial charge in [0.1, 0.15) is 5.75 Å². The van der Waals surface area contributed by atoms with Gasteiger partial charge in [-0.3, -0.25) is 4.79 Å². The number of ether oxygens (including phenoxy) is 1. The second-order valence-electron chi connectivity index (χ2n) is 5.73. The summed E-state index contributed by atoms with van der Waals surface area (Å²) in [7, 11) is 1.64. The molecular formula is C19H20O2. The minimum Gasteiger partial charge on any atom is -0.496 e. The molecule has 0 atom stereocenters. The number of hydrogen-bond donors (Lipinski definition) is 0. The van der Waals surface area contributed by atoms with Gasteiger partial charge in [0.05, 0.1) is 7.11 Å². The molecular weight excluding hydrogens is 260 g/mol. The molecule has 1 aliphatic carbocycles. The lowest BCUT2D eigenvalue weighted by Gasteiger charge is -2.27. The lowest BCUT2D eigenvalue weighted by molar-refractivity contribution is 0.103. The van der Waals surface area contributed by atoms with Crippen molar-refractivity contribution in [1.29, 1.82) is 0 Å². The van der Waals surface area contributed by atoms with Crippen molar-refractivity contribution in [1.82, 2.24) is 0 Å². The first-order valence-electron chi connectivity index (χ1n) is 7.49. The number of aryl methyl sites for hydroxylation is 1. The van der Waals surface area contributed by atoms with Crippen molar-refractivity contribution in [3.8, 4) is 5.75 Å². The minimum absolute atomic E-state index is 0.0933. The van der Waals surface area contributed by atoms with Crippen molar-refractivity contribution in [2.75, 3.05) is 7.11 Å². The van der Waals surface area contributed by atoms with Gasteiger partial charge in [0.15, 0.2) is 5.78 Å². The van der Waals surface area contributed by atoms with Gasteiger partial charge >= 0.3 is 0 Å². The Bertz CT molecular complexity index is 669. The molecule has 1 aliphatic rings. The topological polar surface area (TPSA) is 26.3 Å². The Morgan fingerprint density at radius 1 is 1.14 bits per heavy atom. The first-order valence-corrected chi connectivity index (χ1v) is 7.49. The monoisotopic (exact) mass is 280 g/mol. The molecule has 0 spiro atoms. The van der Waals surface area contributed by atoms with Gasteiger partial charge in [-0.1, -0.05) is 42.8 Å². The molecule has 21 heavy (non-hydrogen) atoms. The van der Waals surface area contributed by atoms with Gasteiger partial charge in [0.2, 0.25) is 0 Å². The highest BCUT2D eigenvalue weighted by Gasteiger charge is 2.24. The highest BCUT2D eigenvalue weighted by molar-refractivity contribution is 6.10. The van der Waals surface area contributed by atoms with Crippen LogP contribution in [0.5, 0.6) is 5.75 Å². The van der Waals surface area contributed by atoms with Crippen molar-refractivity contribution in [2.45, 2.75) is 32.1 Å². The second-order valence-corrected chi connectivity index (χ2v) is 5.73. The molecule has 0 amide bonds. The zero-order valence-electron chi connectivity index (χ0n) is 12.6. The van der Waals surface area contributed by atoms with Crippen LogP contribution >= 0.6 is 0 Å². The molecule has 0 radical (unpaired) electrons. The number of rotatable bonds is 4. The summed E-state index contributed by atoms with van der Waals surface area (Å²) < 4.78 is 5.33. The van der Waals surface area contributed by atoms with E-state index in [0.717, 1.165) is 16.9 Å². The van der Waals surface area contributed by atoms with E-state index in [0.29, 0.717) is 11.5 Å². The average Bonchev–Trinajstić information content (AvgIpc) is 2.46. The third kappa shape index (κ3) is 2.58. The summed E-state index contributed by atoms with van der Waals surface area (Å²) in [5, 5.41) is 0. The predicted molar refractivity (Wildman–Crippen MR) is 84.2 cm³/mol. The van der Waals surface area contributed by atoms with Crippen molar-refractivity contribution < 1.29 is 9.53 Å². The first-order chi connectivity index (χ1) is 10.2. The van der Waals surface area contributed by atoms with E-state index >= 15 is 0 Å². The maximum absolute atomic E-state index is 12.8. The molecule has 1 saturated carbocycles. The Hall–Kier alpha value is -2.09. The van der Waals surface area contributed by atoms with Crippen LogP contribution in [-0.2, 0) is 0 Å². The number of ketones is 1. The van der Waals surface area contributed by atoms with Gasteiger partial charge in [0.25, 0.3) is 0 Å². The van der Waals surface area contributed by atoms with Crippen molar-refractivity contribution in [3.63, 3.8) is 0 Å². The Kier molecular flexibility index (Phi) is 3.78. The number of carbonyl (C=O) groups is 1.